The molecule has 0 unspecified atom stereocenters. The Kier molecular flexibility index (Phi) is 5.40. The number of nitrogens with zero attached hydrogens (tertiary/aromatic N) is 1. The highest BCUT2D eigenvalue weighted by Gasteiger charge is 2.22. The second kappa shape index (κ2) is 8.35. The van der Waals surface area contributed by atoms with Gasteiger partial charge in [-0.3, -0.25) is 9.69 Å². The predicted octanol–water partition coefficient (Wildman–Crippen LogP) is 6.49. The molecule has 4 aromatic rings. The Morgan fingerprint density at radius 1 is 1.03 bits per heavy atom. The fraction of sp³-hybridized carbons (Fsp3) is 0.160. The number of rotatable bonds is 6. The molecule has 0 saturated carbocycles. The Hall–Kier alpha value is -2.86. The van der Waals surface area contributed by atoms with Gasteiger partial charge in [0, 0.05) is 27.2 Å². The van der Waals surface area contributed by atoms with E-state index in [1.807, 2.05) is 12.1 Å². The summed E-state index contributed by atoms with van der Waals surface area (Å²) >= 11 is 7.29. The van der Waals surface area contributed by atoms with Crippen LogP contribution in [0, 0.1) is 0 Å². The smallest absolute Gasteiger partial charge is 0.206 e. The molecule has 0 atom stereocenters. The fourth-order valence-corrected chi connectivity index (χ4v) is 4.87. The summed E-state index contributed by atoms with van der Waals surface area (Å²) in [5, 5.41) is 11.3. The Morgan fingerprint density at radius 3 is 2.45 bits per heavy atom. The van der Waals surface area contributed by atoms with Crippen molar-refractivity contribution in [3.8, 4) is 17.2 Å². The van der Waals surface area contributed by atoms with E-state index in [2.05, 4.69) is 17.0 Å². The molecular weight excluding hydrogens is 430 g/mol. The van der Waals surface area contributed by atoms with Crippen molar-refractivity contribution in [2.24, 2.45) is 0 Å². The molecule has 0 bridgehead atoms. The standard InChI is InChI=1S/C25H20ClNO3S/c26-18-6-4-17(5-7-18)23(29)25-24(21-11-8-19(28)14-22(21)31-25)30-20-9-2-16(3-10-20)15-27-12-1-13-27/h2-11,14,28H,1,12-13,15H2. The van der Waals surface area contributed by atoms with Crippen LogP contribution >= 0.6 is 22.9 Å². The van der Waals surface area contributed by atoms with Gasteiger partial charge in [-0.25, -0.2) is 0 Å². The molecule has 4 nitrogen and oxygen atoms in total. The zero-order valence-corrected chi connectivity index (χ0v) is 18.2. The van der Waals surface area contributed by atoms with Gasteiger partial charge in [-0.05, 0) is 79.7 Å². The highest BCUT2D eigenvalue weighted by Crippen LogP contribution is 2.42. The Balaban J connectivity index is 1.49. The summed E-state index contributed by atoms with van der Waals surface area (Å²) in [6.07, 6.45) is 1.27. The van der Waals surface area contributed by atoms with E-state index in [0.717, 1.165) is 29.7 Å². The maximum absolute atomic E-state index is 13.3. The van der Waals surface area contributed by atoms with Crippen LogP contribution in [0.5, 0.6) is 17.2 Å². The first-order valence-corrected chi connectivity index (χ1v) is 11.3. The second-order valence-corrected chi connectivity index (χ2v) is 9.14. The number of ketones is 1. The molecule has 1 saturated heterocycles. The van der Waals surface area contributed by atoms with Crippen molar-refractivity contribution in [2.75, 3.05) is 13.1 Å². The number of halogens is 1. The number of carbonyl (C=O) groups is 1. The minimum atomic E-state index is -0.137. The summed E-state index contributed by atoms with van der Waals surface area (Å²) in [7, 11) is 0. The average molecular weight is 450 g/mol. The SMILES string of the molecule is O=C(c1ccc(Cl)cc1)c1sc2cc(O)ccc2c1Oc1ccc(CN2CCC2)cc1. The zero-order chi connectivity index (χ0) is 21.4. The zero-order valence-electron chi connectivity index (χ0n) is 16.7. The van der Waals surface area contributed by atoms with Gasteiger partial charge in [0.25, 0.3) is 0 Å². The number of benzene rings is 3. The van der Waals surface area contributed by atoms with Crippen LogP contribution in [0.25, 0.3) is 10.1 Å². The lowest BCUT2D eigenvalue weighted by molar-refractivity contribution is 0.104. The lowest BCUT2D eigenvalue weighted by Crippen LogP contribution is -2.36. The van der Waals surface area contributed by atoms with Gasteiger partial charge in [0.05, 0.1) is 0 Å². The van der Waals surface area contributed by atoms with Gasteiger partial charge in [-0.1, -0.05) is 23.7 Å². The molecular formula is C25H20ClNO3S. The highest BCUT2D eigenvalue weighted by atomic mass is 35.5. The van der Waals surface area contributed by atoms with Crippen LogP contribution in [-0.2, 0) is 6.54 Å². The van der Waals surface area contributed by atoms with Gasteiger partial charge in [0.1, 0.15) is 16.4 Å². The third-order valence-corrected chi connectivity index (χ3v) is 6.82. The number of hydrogen-bond donors (Lipinski definition) is 1. The van der Waals surface area contributed by atoms with Crippen LogP contribution in [0.3, 0.4) is 0 Å². The van der Waals surface area contributed by atoms with Gasteiger partial charge < -0.3 is 9.84 Å². The molecule has 1 aliphatic rings. The van der Waals surface area contributed by atoms with Crippen LogP contribution < -0.4 is 4.74 Å². The first-order chi connectivity index (χ1) is 15.1. The van der Waals surface area contributed by atoms with Gasteiger partial charge in [0.2, 0.25) is 5.78 Å². The largest absolute Gasteiger partial charge is 0.508 e. The molecule has 1 N–H and O–H groups in total. The number of aromatic hydroxyl groups is 1. The number of carbonyl (C=O) groups excluding carboxylic acids is 1. The van der Waals surface area contributed by atoms with Crippen LogP contribution in [0.1, 0.15) is 27.2 Å². The third-order valence-electron chi connectivity index (χ3n) is 5.44. The van der Waals surface area contributed by atoms with Crippen LogP contribution in [-0.4, -0.2) is 28.9 Å². The summed E-state index contributed by atoms with van der Waals surface area (Å²) in [6.45, 7) is 3.26. The maximum atomic E-state index is 13.3. The maximum Gasteiger partial charge on any atom is 0.206 e. The molecule has 0 amide bonds. The van der Waals surface area contributed by atoms with E-state index in [9.17, 15) is 9.90 Å². The predicted molar refractivity (Wildman–Crippen MR) is 125 cm³/mol. The minimum absolute atomic E-state index is 0.137. The van der Waals surface area contributed by atoms with Crippen molar-refractivity contribution in [2.45, 2.75) is 13.0 Å². The average Bonchev–Trinajstić information content (AvgIpc) is 3.09. The van der Waals surface area contributed by atoms with Crippen LogP contribution in [0.2, 0.25) is 5.02 Å². The number of thiophene rings is 1. The fourth-order valence-electron chi connectivity index (χ4n) is 3.62. The number of ether oxygens (including phenoxy) is 1. The van der Waals surface area contributed by atoms with Crippen molar-refractivity contribution in [1.29, 1.82) is 0 Å². The molecule has 1 fully saturated rings. The number of likely N-dealkylation sites (tertiary alicyclic amines) is 1. The molecule has 5 rings (SSSR count). The Bertz CT molecular complexity index is 1240. The van der Waals surface area contributed by atoms with E-state index < -0.39 is 0 Å². The lowest BCUT2D eigenvalue weighted by atomic mass is 10.1. The Labute approximate surface area is 189 Å². The molecule has 0 radical (unpaired) electrons. The summed E-state index contributed by atoms with van der Waals surface area (Å²) in [4.78, 5) is 16.2. The van der Waals surface area contributed by atoms with E-state index >= 15 is 0 Å². The summed E-state index contributed by atoms with van der Waals surface area (Å²) in [6, 6.07) is 19.9. The monoisotopic (exact) mass is 449 g/mol. The van der Waals surface area contributed by atoms with E-state index in [1.54, 1.807) is 42.5 Å². The quantitative estimate of drug-likeness (QED) is 0.342. The van der Waals surface area contributed by atoms with Crippen molar-refractivity contribution in [3.05, 3.63) is 87.8 Å². The summed E-state index contributed by atoms with van der Waals surface area (Å²) in [5.74, 6) is 1.20. The highest BCUT2D eigenvalue weighted by molar-refractivity contribution is 7.21. The third kappa shape index (κ3) is 4.17. The first-order valence-electron chi connectivity index (χ1n) is 10.1. The molecule has 6 heteroatoms. The van der Waals surface area contributed by atoms with E-state index in [1.165, 1.54) is 23.3 Å². The lowest BCUT2D eigenvalue weighted by Gasteiger charge is -2.30. The normalized spacial score (nSPS) is 13.8. The van der Waals surface area contributed by atoms with Gasteiger partial charge in [-0.15, -0.1) is 11.3 Å². The first kappa shape index (κ1) is 20.1. The molecule has 3 aromatic carbocycles. The molecule has 1 aliphatic heterocycles. The van der Waals surface area contributed by atoms with Crippen LogP contribution in [0.15, 0.2) is 66.7 Å². The number of phenolic OH excluding ortho intramolecular Hbond substituents is 1. The van der Waals surface area contributed by atoms with Crippen LogP contribution in [0.4, 0.5) is 0 Å². The summed E-state index contributed by atoms with van der Waals surface area (Å²) in [5.41, 5.74) is 1.78. The van der Waals surface area contributed by atoms with Crippen molar-refractivity contribution < 1.29 is 14.6 Å². The van der Waals surface area contributed by atoms with Gasteiger partial charge >= 0.3 is 0 Å². The topological polar surface area (TPSA) is 49.8 Å². The number of hydrogen-bond acceptors (Lipinski definition) is 5. The van der Waals surface area contributed by atoms with E-state index in [0.29, 0.717) is 27.0 Å². The van der Waals surface area contributed by atoms with E-state index in [4.69, 9.17) is 16.3 Å². The second-order valence-electron chi connectivity index (χ2n) is 7.65. The Morgan fingerprint density at radius 2 is 1.77 bits per heavy atom. The van der Waals surface area contributed by atoms with Crippen molar-refractivity contribution in [3.63, 3.8) is 0 Å². The number of phenols is 1. The summed E-state index contributed by atoms with van der Waals surface area (Å²) < 4.78 is 7.03. The van der Waals surface area contributed by atoms with E-state index in [-0.39, 0.29) is 11.5 Å². The molecule has 1 aromatic heterocycles. The molecule has 156 valence electrons. The molecule has 31 heavy (non-hydrogen) atoms. The van der Waals surface area contributed by atoms with Crippen molar-refractivity contribution >= 4 is 38.8 Å². The number of fused-ring (bicyclic) bond motifs is 1. The van der Waals surface area contributed by atoms with Gasteiger partial charge in [-0.2, -0.15) is 0 Å². The molecule has 0 aliphatic carbocycles. The van der Waals surface area contributed by atoms with Gasteiger partial charge in [0.15, 0.2) is 5.75 Å². The van der Waals surface area contributed by atoms with Crippen molar-refractivity contribution in [1.82, 2.24) is 4.90 Å². The minimum Gasteiger partial charge on any atom is -0.508 e. The molecule has 2 heterocycles. The molecule has 0 spiro atoms.